The predicted molar refractivity (Wildman–Crippen MR) is 161 cm³/mol. The molecule has 1 saturated heterocycles. The molecule has 0 spiro atoms. The van der Waals surface area contributed by atoms with Gasteiger partial charge in [-0.15, -0.1) is 0 Å². The van der Waals surface area contributed by atoms with Crippen LogP contribution in [0.5, 0.6) is 0 Å². The number of aliphatic hydroxyl groups excluding tert-OH is 1. The van der Waals surface area contributed by atoms with Crippen molar-refractivity contribution < 1.29 is 101 Å². The van der Waals surface area contributed by atoms with Gasteiger partial charge in [0.05, 0.1) is 28.7 Å². The summed E-state index contributed by atoms with van der Waals surface area (Å²) in [5.74, 6) is 0. The first-order valence-electron chi connectivity index (χ1n) is 13.3. The number of aliphatic hydroxyl groups is 1. The molecule has 0 aliphatic carbocycles. The van der Waals surface area contributed by atoms with Crippen molar-refractivity contribution in [1.82, 2.24) is 9.55 Å². The van der Waals surface area contributed by atoms with Crippen LogP contribution in [0.4, 0.5) is 13.2 Å². The van der Waals surface area contributed by atoms with Gasteiger partial charge in [-0.1, -0.05) is 29.8 Å². The summed E-state index contributed by atoms with van der Waals surface area (Å²) in [5.41, 5.74) is 1.30. The summed E-state index contributed by atoms with van der Waals surface area (Å²) in [6.07, 6.45) is -3.02. The van der Waals surface area contributed by atoms with E-state index in [0.29, 0.717) is 45.3 Å². The van der Waals surface area contributed by atoms with Gasteiger partial charge >= 0.3 is 82.2 Å². The third-order valence-electron chi connectivity index (χ3n) is 8.01. The second-order valence-electron chi connectivity index (χ2n) is 12.4. The molecule has 0 amide bonds. The van der Waals surface area contributed by atoms with Crippen LogP contribution in [0.3, 0.4) is 0 Å². The van der Waals surface area contributed by atoms with Gasteiger partial charge in [0.1, 0.15) is 6.54 Å². The van der Waals surface area contributed by atoms with Crippen LogP contribution >= 0.6 is 15.9 Å². The van der Waals surface area contributed by atoms with Crippen molar-refractivity contribution in [2.24, 2.45) is 5.41 Å². The molecule has 1 fully saturated rings. The predicted octanol–water partition coefficient (Wildman–Crippen LogP) is 4.05. The molecule has 1 atom stereocenters. The Kier molecular flexibility index (Phi) is 12.6. The number of nitrogens with zero attached hydrogens (tertiary/aromatic N) is 2. The van der Waals surface area contributed by atoms with Gasteiger partial charge in [-0.25, -0.2) is 0 Å². The molecule has 42 heavy (non-hydrogen) atoms. The fourth-order valence-electron chi connectivity index (χ4n) is 4.99. The molecule has 226 valence electrons. The average Bonchev–Trinajstić information content (AvgIpc) is 3.24. The summed E-state index contributed by atoms with van der Waals surface area (Å²) in [7, 11) is 0.784. The van der Waals surface area contributed by atoms with E-state index in [1.54, 1.807) is 18.3 Å². The quantitative estimate of drug-likeness (QED) is 0.277. The number of fused-ring (bicyclic) bond motifs is 1. The number of ether oxygens (including phenoxy) is 1. The van der Waals surface area contributed by atoms with Gasteiger partial charge in [0.25, 0.3) is 0 Å². The van der Waals surface area contributed by atoms with Crippen LogP contribution in [0, 0.1) is 12.8 Å². The normalized spacial score (nSPS) is 17.2. The first-order chi connectivity index (χ1) is 18.4. The third-order valence-corrected chi connectivity index (χ3v) is 8.50. The molecule has 12 heteroatoms. The number of benzene rings is 1. The summed E-state index contributed by atoms with van der Waals surface area (Å²) in [4.78, 5) is 4.71. The van der Waals surface area contributed by atoms with E-state index in [0.717, 1.165) is 4.47 Å². The molecule has 1 aliphatic heterocycles. The molecular formula is C30H40BBrCsF3N2O4. The van der Waals surface area contributed by atoms with Gasteiger partial charge in [-0.05, 0) is 76.3 Å². The number of pyridine rings is 1. The largest absolute Gasteiger partial charge is 1.00 e. The van der Waals surface area contributed by atoms with Crippen LogP contribution in [0.25, 0.3) is 22.2 Å². The van der Waals surface area contributed by atoms with Gasteiger partial charge in [0.15, 0.2) is 0 Å². The molecule has 1 aliphatic rings. The van der Waals surface area contributed by atoms with Gasteiger partial charge < -0.3 is 31.1 Å². The SMILES string of the molecule is COC(C)c1ncc(B2OC(C)(C)C(C)(C)O2)cc1-c1c(CC(C)(C)CO)c2cc(Br)ccc2n1CC(F)(F)F.[CH3-].[Cs+]. The van der Waals surface area contributed by atoms with Crippen molar-refractivity contribution in [2.75, 3.05) is 13.7 Å². The van der Waals surface area contributed by atoms with E-state index >= 15 is 0 Å². The Morgan fingerprint density at radius 2 is 1.71 bits per heavy atom. The maximum absolute atomic E-state index is 14.1. The zero-order valence-corrected chi connectivity index (χ0v) is 34.1. The van der Waals surface area contributed by atoms with E-state index in [2.05, 4.69) is 15.9 Å². The smallest absolute Gasteiger partial charge is 0.399 e. The Hall–Kier alpha value is 0.137. The van der Waals surface area contributed by atoms with E-state index in [9.17, 15) is 18.3 Å². The summed E-state index contributed by atoms with van der Waals surface area (Å²) in [6.45, 7) is 12.0. The number of rotatable bonds is 8. The average molecular weight is 773 g/mol. The molecule has 3 aromatic rings. The Labute approximate surface area is 315 Å². The maximum atomic E-state index is 14.1. The number of aromatic nitrogens is 2. The second-order valence-corrected chi connectivity index (χ2v) is 13.3. The zero-order valence-electron chi connectivity index (χ0n) is 26.2. The molecule has 0 radical (unpaired) electrons. The van der Waals surface area contributed by atoms with Gasteiger partial charge in [0, 0.05) is 46.3 Å². The minimum absolute atomic E-state index is 0. The van der Waals surface area contributed by atoms with Crippen LogP contribution < -0.4 is 74.4 Å². The van der Waals surface area contributed by atoms with Gasteiger partial charge in [0.2, 0.25) is 0 Å². The number of hydrogen-bond donors (Lipinski definition) is 1. The fourth-order valence-corrected chi connectivity index (χ4v) is 5.35. The van der Waals surface area contributed by atoms with E-state index in [1.807, 2.05) is 60.6 Å². The molecule has 1 unspecified atom stereocenters. The molecular weight excluding hydrogens is 733 g/mol. The first kappa shape index (κ1) is 38.3. The van der Waals surface area contributed by atoms with Crippen molar-refractivity contribution in [3.05, 3.63) is 53.6 Å². The van der Waals surface area contributed by atoms with Crippen molar-refractivity contribution in [1.29, 1.82) is 0 Å². The van der Waals surface area contributed by atoms with E-state index < -0.39 is 42.6 Å². The van der Waals surface area contributed by atoms with Crippen molar-refractivity contribution in [2.45, 2.75) is 84.9 Å². The number of halogens is 4. The minimum Gasteiger partial charge on any atom is -0.399 e. The van der Waals surface area contributed by atoms with E-state index in [-0.39, 0.29) is 82.9 Å². The van der Waals surface area contributed by atoms with Crippen LogP contribution in [-0.4, -0.2) is 52.9 Å². The topological polar surface area (TPSA) is 65.7 Å². The maximum Gasteiger partial charge on any atom is 1.00 e. The Morgan fingerprint density at radius 1 is 1.12 bits per heavy atom. The summed E-state index contributed by atoms with van der Waals surface area (Å²) < 4.78 is 62.6. The second kappa shape index (κ2) is 13.9. The van der Waals surface area contributed by atoms with Crippen LogP contribution in [0.2, 0.25) is 0 Å². The number of methoxy groups -OCH3 is 1. The van der Waals surface area contributed by atoms with Gasteiger partial charge in [-0.3, -0.25) is 4.98 Å². The van der Waals surface area contributed by atoms with Crippen LogP contribution in [0.15, 0.2) is 34.9 Å². The van der Waals surface area contributed by atoms with E-state index in [4.69, 9.17) is 19.0 Å². The first-order valence-corrected chi connectivity index (χ1v) is 14.1. The number of hydrogen-bond acceptors (Lipinski definition) is 5. The molecule has 0 bridgehead atoms. The zero-order chi connectivity index (χ0) is 29.8. The van der Waals surface area contributed by atoms with Crippen LogP contribution in [-0.2, 0) is 27.0 Å². The molecule has 4 rings (SSSR count). The molecule has 1 aromatic carbocycles. The van der Waals surface area contributed by atoms with Crippen molar-refractivity contribution >= 4 is 39.4 Å². The molecule has 2 aromatic heterocycles. The monoisotopic (exact) mass is 772 g/mol. The fraction of sp³-hybridized carbons (Fsp3) is 0.533. The van der Waals surface area contributed by atoms with Crippen LogP contribution in [0.1, 0.15) is 65.8 Å². The molecule has 0 saturated carbocycles. The molecule has 1 N–H and O–H groups in total. The summed E-state index contributed by atoms with van der Waals surface area (Å²) >= 11 is 3.49. The van der Waals surface area contributed by atoms with E-state index in [1.165, 1.54) is 11.7 Å². The molecule has 3 heterocycles. The summed E-state index contributed by atoms with van der Waals surface area (Å²) in [5, 5.41) is 10.8. The standard InChI is InChI=1S/C29H37BBrF3N2O4.CH3.Cs/c1-17(38-8)24-21(11-18(14-35-24)30-39-27(4,5)28(6,7)40-30)25-22(13-26(2,3)16-37)20-12-19(31)9-10-23(20)36(25)15-29(32,33)34;;/h9-12,14,17,37H,13,15-16H2,1-8H3;1H3;/q;-1;+1. The van der Waals surface area contributed by atoms with Gasteiger partial charge in [-0.2, -0.15) is 13.2 Å². The summed E-state index contributed by atoms with van der Waals surface area (Å²) in [6, 6.07) is 7.07. The Balaban J connectivity index is 0.00000308. The third kappa shape index (κ3) is 7.91. The number of alkyl halides is 3. The Morgan fingerprint density at radius 3 is 2.24 bits per heavy atom. The molecule has 6 nitrogen and oxygen atoms in total. The van der Waals surface area contributed by atoms with Crippen molar-refractivity contribution in [3.63, 3.8) is 0 Å². The Bertz CT molecular complexity index is 1400. The van der Waals surface area contributed by atoms with Crippen molar-refractivity contribution in [3.8, 4) is 11.3 Å². The minimum atomic E-state index is -4.48.